The maximum atomic E-state index is 12.2. The predicted molar refractivity (Wildman–Crippen MR) is 120 cm³/mol. The number of esters is 1. The molecule has 6 heteroatoms. The smallest absolute Gasteiger partial charge is 0.338 e. The molecule has 162 valence electrons. The summed E-state index contributed by atoms with van der Waals surface area (Å²) in [5.74, 6) is 1.17. The summed E-state index contributed by atoms with van der Waals surface area (Å²) in [6, 6.07) is 11.9. The average molecular weight is 413 g/mol. The second-order valence-corrected chi connectivity index (χ2v) is 7.53. The standard InChI is InChI=1S/C24H32N2O4/c1-4-30-24(27)18-10-11-22(26-19-8-6-5-7-9-19)23(14-18)25-16-17-12-20(28-2)15-21(13-17)29-3/h10-15,19,25-26H,4-9,16H2,1-3H3. The number of hydrogen-bond donors (Lipinski definition) is 2. The van der Waals surface area contributed by atoms with Crippen molar-refractivity contribution in [2.24, 2.45) is 0 Å². The highest BCUT2D eigenvalue weighted by Gasteiger charge is 2.16. The van der Waals surface area contributed by atoms with Gasteiger partial charge in [-0.3, -0.25) is 0 Å². The van der Waals surface area contributed by atoms with Gasteiger partial charge in [0.2, 0.25) is 0 Å². The van der Waals surface area contributed by atoms with Crippen molar-refractivity contribution in [3.63, 3.8) is 0 Å². The molecule has 30 heavy (non-hydrogen) atoms. The average Bonchev–Trinajstić information content (AvgIpc) is 2.79. The maximum absolute atomic E-state index is 12.2. The molecule has 0 spiro atoms. The third-order valence-corrected chi connectivity index (χ3v) is 5.39. The first kappa shape index (κ1) is 21.8. The number of carbonyl (C=O) groups excluding carboxylic acids is 1. The van der Waals surface area contributed by atoms with Crippen molar-refractivity contribution in [3.05, 3.63) is 47.5 Å². The number of rotatable bonds is 9. The first-order valence-electron chi connectivity index (χ1n) is 10.7. The van der Waals surface area contributed by atoms with Gasteiger partial charge in [0.1, 0.15) is 11.5 Å². The van der Waals surface area contributed by atoms with Crippen molar-refractivity contribution in [3.8, 4) is 11.5 Å². The Morgan fingerprint density at radius 2 is 1.67 bits per heavy atom. The van der Waals surface area contributed by atoms with Gasteiger partial charge in [-0.25, -0.2) is 4.79 Å². The summed E-state index contributed by atoms with van der Waals surface area (Å²) < 4.78 is 15.9. The lowest BCUT2D eigenvalue weighted by Crippen LogP contribution is -2.23. The third-order valence-electron chi connectivity index (χ3n) is 5.39. The van der Waals surface area contributed by atoms with Gasteiger partial charge < -0.3 is 24.8 Å². The lowest BCUT2D eigenvalue weighted by atomic mass is 9.95. The van der Waals surface area contributed by atoms with Crippen LogP contribution in [0.2, 0.25) is 0 Å². The summed E-state index contributed by atoms with van der Waals surface area (Å²) in [7, 11) is 3.28. The van der Waals surface area contributed by atoms with Gasteiger partial charge in [-0.2, -0.15) is 0 Å². The normalized spacial score (nSPS) is 14.1. The molecule has 0 heterocycles. The molecular formula is C24H32N2O4. The van der Waals surface area contributed by atoms with Crippen LogP contribution in [-0.4, -0.2) is 32.8 Å². The SMILES string of the molecule is CCOC(=O)c1ccc(NC2CCCCC2)c(NCc2cc(OC)cc(OC)c2)c1. The van der Waals surface area contributed by atoms with E-state index in [4.69, 9.17) is 14.2 Å². The summed E-state index contributed by atoms with van der Waals surface area (Å²) in [6.07, 6.45) is 6.16. The molecule has 1 saturated carbocycles. The fourth-order valence-corrected chi connectivity index (χ4v) is 3.79. The quantitative estimate of drug-likeness (QED) is 0.549. The third kappa shape index (κ3) is 5.81. The van der Waals surface area contributed by atoms with Crippen LogP contribution in [0.3, 0.4) is 0 Å². The summed E-state index contributed by atoms with van der Waals surface area (Å²) in [5.41, 5.74) is 3.45. The molecule has 0 aliphatic heterocycles. The highest BCUT2D eigenvalue weighted by molar-refractivity contribution is 5.92. The second-order valence-electron chi connectivity index (χ2n) is 7.53. The van der Waals surface area contributed by atoms with E-state index in [1.165, 1.54) is 32.1 Å². The Morgan fingerprint density at radius 1 is 0.967 bits per heavy atom. The Kier molecular flexibility index (Phi) is 7.82. The Bertz CT molecular complexity index is 825. The van der Waals surface area contributed by atoms with Gasteiger partial charge in [-0.1, -0.05) is 19.3 Å². The van der Waals surface area contributed by atoms with Crippen LogP contribution in [0.5, 0.6) is 11.5 Å². The zero-order valence-electron chi connectivity index (χ0n) is 18.1. The topological polar surface area (TPSA) is 68.8 Å². The van der Waals surface area contributed by atoms with E-state index in [2.05, 4.69) is 10.6 Å². The van der Waals surface area contributed by atoms with Crippen molar-refractivity contribution >= 4 is 17.3 Å². The van der Waals surface area contributed by atoms with Gasteiger partial charge in [-0.15, -0.1) is 0 Å². The minimum atomic E-state index is -0.312. The summed E-state index contributed by atoms with van der Waals surface area (Å²) >= 11 is 0. The molecule has 2 aromatic rings. The Hall–Kier alpha value is -2.89. The van der Waals surface area contributed by atoms with E-state index < -0.39 is 0 Å². The van der Waals surface area contributed by atoms with Crippen LogP contribution in [0.4, 0.5) is 11.4 Å². The fraction of sp³-hybridized carbons (Fsp3) is 0.458. The van der Waals surface area contributed by atoms with Crippen molar-refractivity contribution in [1.29, 1.82) is 0 Å². The zero-order chi connectivity index (χ0) is 21.3. The Morgan fingerprint density at radius 3 is 2.30 bits per heavy atom. The molecule has 6 nitrogen and oxygen atoms in total. The highest BCUT2D eigenvalue weighted by atomic mass is 16.5. The summed E-state index contributed by atoms with van der Waals surface area (Å²) in [6.45, 7) is 2.73. The van der Waals surface area contributed by atoms with Crippen molar-refractivity contribution in [1.82, 2.24) is 0 Å². The van der Waals surface area contributed by atoms with Gasteiger partial charge in [0.05, 0.1) is 37.8 Å². The van der Waals surface area contributed by atoms with Crippen molar-refractivity contribution in [2.75, 3.05) is 31.5 Å². The molecule has 0 atom stereocenters. The van der Waals surface area contributed by atoms with Crippen LogP contribution < -0.4 is 20.1 Å². The van der Waals surface area contributed by atoms with Gasteiger partial charge in [0.25, 0.3) is 0 Å². The number of anilines is 2. The number of nitrogens with one attached hydrogen (secondary N) is 2. The molecule has 1 aliphatic rings. The number of benzene rings is 2. The van der Waals surface area contributed by atoms with E-state index >= 15 is 0 Å². The number of hydrogen-bond acceptors (Lipinski definition) is 6. The summed E-state index contributed by atoms with van der Waals surface area (Å²) in [4.78, 5) is 12.2. The van der Waals surface area contributed by atoms with Crippen molar-refractivity contribution < 1.29 is 19.0 Å². The molecule has 1 fully saturated rings. The van der Waals surface area contributed by atoms with Crippen LogP contribution in [-0.2, 0) is 11.3 Å². The molecule has 1 aliphatic carbocycles. The minimum absolute atomic E-state index is 0.312. The first-order chi connectivity index (χ1) is 14.6. The maximum Gasteiger partial charge on any atom is 0.338 e. The lowest BCUT2D eigenvalue weighted by Gasteiger charge is -2.25. The van der Waals surface area contributed by atoms with Crippen molar-refractivity contribution in [2.45, 2.75) is 51.6 Å². The number of carbonyl (C=O) groups is 1. The molecule has 0 radical (unpaired) electrons. The molecule has 0 bridgehead atoms. The molecular weight excluding hydrogens is 380 g/mol. The van der Waals surface area contributed by atoms with E-state index in [-0.39, 0.29) is 5.97 Å². The lowest BCUT2D eigenvalue weighted by molar-refractivity contribution is 0.0526. The number of ether oxygens (including phenoxy) is 3. The molecule has 0 aromatic heterocycles. The van der Waals surface area contributed by atoms with Crippen LogP contribution in [0.15, 0.2) is 36.4 Å². The molecule has 0 saturated heterocycles. The first-order valence-corrected chi connectivity index (χ1v) is 10.7. The van der Waals surface area contributed by atoms with E-state index in [1.807, 2.05) is 43.3 Å². The van der Waals surface area contributed by atoms with Crippen LogP contribution in [0.25, 0.3) is 0 Å². The van der Waals surface area contributed by atoms with Gasteiger partial charge in [0.15, 0.2) is 0 Å². The van der Waals surface area contributed by atoms with Crippen LogP contribution >= 0.6 is 0 Å². The monoisotopic (exact) mass is 412 g/mol. The molecule has 2 aromatic carbocycles. The van der Waals surface area contributed by atoms with Gasteiger partial charge >= 0.3 is 5.97 Å². The molecule has 2 N–H and O–H groups in total. The predicted octanol–water partition coefficient (Wildman–Crippen LogP) is 5.24. The molecule has 3 rings (SSSR count). The highest BCUT2D eigenvalue weighted by Crippen LogP contribution is 2.30. The van der Waals surface area contributed by atoms with E-state index in [0.29, 0.717) is 24.8 Å². The largest absolute Gasteiger partial charge is 0.497 e. The molecule has 0 amide bonds. The van der Waals surface area contributed by atoms with Gasteiger partial charge in [-0.05, 0) is 55.7 Å². The van der Waals surface area contributed by atoms with E-state index in [9.17, 15) is 4.79 Å². The van der Waals surface area contributed by atoms with E-state index in [0.717, 1.165) is 28.4 Å². The second kappa shape index (κ2) is 10.8. The molecule has 0 unspecified atom stereocenters. The van der Waals surface area contributed by atoms with Crippen LogP contribution in [0, 0.1) is 0 Å². The Labute approximate surface area is 178 Å². The fourth-order valence-electron chi connectivity index (χ4n) is 3.79. The summed E-state index contributed by atoms with van der Waals surface area (Å²) in [5, 5.41) is 7.14. The van der Waals surface area contributed by atoms with E-state index in [1.54, 1.807) is 14.2 Å². The zero-order valence-corrected chi connectivity index (χ0v) is 18.1. The Balaban J connectivity index is 1.82. The van der Waals surface area contributed by atoms with Gasteiger partial charge in [0, 0.05) is 18.7 Å². The number of methoxy groups -OCH3 is 2. The minimum Gasteiger partial charge on any atom is -0.497 e. The van der Waals surface area contributed by atoms with Crippen LogP contribution in [0.1, 0.15) is 54.9 Å².